The maximum Gasteiger partial charge on any atom is 0.333 e. The van der Waals surface area contributed by atoms with Gasteiger partial charge in [0.25, 0.3) is 0 Å². The molecule has 21 heavy (non-hydrogen) atoms. The molecule has 1 aromatic carbocycles. The molecule has 0 saturated carbocycles. The van der Waals surface area contributed by atoms with Crippen molar-refractivity contribution in [3.8, 4) is 0 Å². The lowest BCUT2D eigenvalue weighted by atomic mass is 10.2. The summed E-state index contributed by atoms with van der Waals surface area (Å²) in [6.45, 7) is 1.68. The Labute approximate surface area is 131 Å². The molecule has 0 radical (unpaired) electrons. The minimum atomic E-state index is -0.287. The molecule has 1 aromatic heterocycles. The Balaban J connectivity index is 1.80. The van der Waals surface area contributed by atoms with Crippen molar-refractivity contribution in [1.82, 2.24) is 9.88 Å². The lowest BCUT2D eigenvalue weighted by Gasteiger charge is -2.24. The number of ether oxygens (including phenoxy) is 1. The van der Waals surface area contributed by atoms with Gasteiger partial charge in [0, 0.05) is 23.7 Å². The Bertz CT molecular complexity index is 669. The van der Waals surface area contributed by atoms with Crippen molar-refractivity contribution in [2.45, 2.75) is 13.1 Å². The number of cyclic esters (lactones) is 1. The summed E-state index contributed by atoms with van der Waals surface area (Å²) in [6, 6.07) is 10.1. The molecule has 0 atom stereocenters. The second-order valence-corrected chi connectivity index (χ2v) is 6.36. The Kier molecular flexibility index (Phi) is 4.22. The molecule has 0 bridgehead atoms. The molecule has 0 fully saturated rings. The van der Waals surface area contributed by atoms with E-state index in [-0.39, 0.29) is 5.97 Å². The number of carbonyl (C=O) groups is 1. The van der Waals surface area contributed by atoms with Crippen LogP contribution in [0.1, 0.15) is 10.4 Å². The molecule has 0 saturated heterocycles. The van der Waals surface area contributed by atoms with Crippen LogP contribution in [0.4, 0.5) is 0 Å². The Morgan fingerprint density at radius 3 is 2.71 bits per heavy atom. The van der Waals surface area contributed by atoms with Crippen LogP contribution in [-0.2, 0) is 22.6 Å². The van der Waals surface area contributed by atoms with Gasteiger partial charge < -0.3 is 9.64 Å². The molecular formula is C15H13ClN2O2S. The summed E-state index contributed by atoms with van der Waals surface area (Å²) in [5.41, 5.74) is 2.06. The first-order valence-corrected chi connectivity index (χ1v) is 7.66. The smallest absolute Gasteiger partial charge is 0.333 e. The quantitative estimate of drug-likeness (QED) is 0.793. The molecule has 0 aliphatic carbocycles. The van der Waals surface area contributed by atoms with Crippen molar-refractivity contribution < 1.29 is 9.53 Å². The maximum atomic E-state index is 11.3. The molecule has 1 aliphatic heterocycles. The Hall–Kier alpha value is -1.85. The van der Waals surface area contributed by atoms with E-state index in [1.54, 1.807) is 12.3 Å². The number of rotatable bonds is 5. The number of hydrogen-bond donors (Lipinski definition) is 0. The van der Waals surface area contributed by atoms with Crippen molar-refractivity contribution in [3.63, 3.8) is 0 Å². The standard InChI is InChI=1S/C15H13ClN2O2S/c16-15-17-7-13(21-15)9-18(12-6-14(19)20-10-12)8-11-4-2-1-3-5-11/h1-7H,8-10H2. The van der Waals surface area contributed by atoms with Crippen molar-refractivity contribution in [2.24, 2.45) is 0 Å². The molecule has 108 valence electrons. The summed E-state index contributed by atoms with van der Waals surface area (Å²) in [6.07, 6.45) is 3.31. The van der Waals surface area contributed by atoms with Gasteiger partial charge in [-0.15, -0.1) is 11.3 Å². The summed E-state index contributed by atoms with van der Waals surface area (Å²) in [7, 11) is 0. The van der Waals surface area contributed by atoms with E-state index < -0.39 is 0 Å². The van der Waals surface area contributed by atoms with Crippen molar-refractivity contribution in [1.29, 1.82) is 0 Å². The van der Waals surface area contributed by atoms with Gasteiger partial charge in [0.1, 0.15) is 6.61 Å². The molecule has 0 N–H and O–H groups in total. The summed E-state index contributed by atoms with van der Waals surface area (Å²) < 4.78 is 5.54. The zero-order valence-electron chi connectivity index (χ0n) is 11.2. The van der Waals surface area contributed by atoms with Crippen LogP contribution in [0.25, 0.3) is 0 Å². The lowest BCUT2D eigenvalue weighted by molar-refractivity contribution is -0.135. The number of thiazole rings is 1. The van der Waals surface area contributed by atoms with Gasteiger partial charge >= 0.3 is 5.97 Å². The minimum absolute atomic E-state index is 0.287. The lowest BCUT2D eigenvalue weighted by Crippen LogP contribution is -2.22. The average Bonchev–Trinajstić information content (AvgIpc) is 3.08. The number of nitrogens with zero attached hydrogens (tertiary/aromatic N) is 2. The minimum Gasteiger partial charge on any atom is -0.456 e. The summed E-state index contributed by atoms with van der Waals surface area (Å²) in [5, 5.41) is 0. The Morgan fingerprint density at radius 1 is 1.29 bits per heavy atom. The third-order valence-electron chi connectivity index (χ3n) is 3.14. The van der Waals surface area contributed by atoms with E-state index in [2.05, 4.69) is 22.0 Å². The van der Waals surface area contributed by atoms with E-state index >= 15 is 0 Å². The van der Waals surface area contributed by atoms with Crippen LogP contribution in [-0.4, -0.2) is 22.5 Å². The van der Waals surface area contributed by atoms with Gasteiger partial charge in [0.15, 0.2) is 4.47 Å². The van der Waals surface area contributed by atoms with E-state index in [9.17, 15) is 4.79 Å². The number of carbonyl (C=O) groups excluding carboxylic acids is 1. The second-order valence-electron chi connectivity index (χ2n) is 4.66. The van der Waals surface area contributed by atoms with Crippen LogP contribution < -0.4 is 0 Å². The number of benzene rings is 1. The van der Waals surface area contributed by atoms with Gasteiger partial charge in [-0.1, -0.05) is 41.9 Å². The fourth-order valence-electron chi connectivity index (χ4n) is 2.15. The molecule has 6 heteroatoms. The highest BCUT2D eigenvalue weighted by atomic mass is 35.5. The largest absolute Gasteiger partial charge is 0.456 e. The summed E-state index contributed by atoms with van der Waals surface area (Å²) in [5.74, 6) is -0.287. The summed E-state index contributed by atoms with van der Waals surface area (Å²) in [4.78, 5) is 18.5. The van der Waals surface area contributed by atoms with Crippen LogP contribution in [0, 0.1) is 0 Å². The molecular weight excluding hydrogens is 308 g/mol. The average molecular weight is 321 g/mol. The third kappa shape index (κ3) is 3.62. The zero-order valence-corrected chi connectivity index (χ0v) is 12.7. The molecule has 4 nitrogen and oxygen atoms in total. The van der Waals surface area contributed by atoms with E-state index in [0.29, 0.717) is 24.2 Å². The first-order valence-electron chi connectivity index (χ1n) is 6.47. The van der Waals surface area contributed by atoms with E-state index in [4.69, 9.17) is 16.3 Å². The van der Waals surface area contributed by atoms with E-state index in [1.807, 2.05) is 18.2 Å². The molecule has 0 spiro atoms. The number of esters is 1. The molecule has 0 amide bonds. The van der Waals surface area contributed by atoms with Crippen molar-refractivity contribution in [2.75, 3.05) is 6.61 Å². The van der Waals surface area contributed by atoms with Gasteiger partial charge in [0.2, 0.25) is 0 Å². The fraction of sp³-hybridized carbons (Fsp3) is 0.200. The zero-order chi connectivity index (χ0) is 14.7. The molecule has 2 aromatic rings. The highest BCUT2D eigenvalue weighted by Crippen LogP contribution is 2.24. The Morgan fingerprint density at radius 2 is 2.10 bits per heavy atom. The fourth-order valence-corrected chi connectivity index (χ4v) is 3.15. The summed E-state index contributed by atoms with van der Waals surface area (Å²) >= 11 is 7.33. The number of halogens is 1. The molecule has 3 rings (SSSR count). The van der Waals surface area contributed by atoms with Crippen molar-refractivity contribution in [3.05, 3.63) is 63.2 Å². The first kappa shape index (κ1) is 14.1. The van der Waals surface area contributed by atoms with Crippen LogP contribution in [0.2, 0.25) is 4.47 Å². The number of hydrogen-bond acceptors (Lipinski definition) is 5. The first-order chi connectivity index (χ1) is 10.2. The molecule has 2 heterocycles. The van der Waals surface area contributed by atoms with Gasteiger partial charge in [-0.2, -0.15) is 0 Å². The highest BCUT2D eigenvalue weighted by molar-refractivity contribution is 7.15. The van der Waals surface area contributed by atoms with Gasteiger partial charge in [-0.3, -0.25) is 0 Å². The van der Waals surface area contributed by atoms with Gasteiger partial charge in [-0.25, -0.2) is 9.78 Å². The number of aromatic nitrogens is 1. The van der Waals surface area contributed by atoms with E-state index in [0.717, 1.165) is 10.6 Å². The molecule has 0 unspecified atom stereocenters. The van der Waals surface area contributed by atoms with Gasteiger partial charge in [-0.05, 0) is 5.56 Å². The molecule has 1 aliphatic rings. The van der Waals surface area contributed by atoms with Crippen LogP contribution in [0.5, 0.6) is 0 Å². The predicted octanol–water partition coefficient (Wildman–Crippen LogP) is 3.24. The topological polar surface area (TPSA) is 42.4 Å². The SMILES string of the molecule is O=C1C=C(N(Cc2ccccc2)Cc2cnc(Cl)s2)CO1. The third-order valence-corrected chi connectivity index (χ3v) is 4.24. The van der Waals surface area contributed by atoms with Crippen LogP contribution in [0.15, 0.2) is 48.3 Å². The van der Waals surface area contributed by atoms with Crippen molar-refractivity contribution >= 4 is 28.9 Å². The normalized spacial score (nSPS) is 14.0. The van der Waals surface area contributed by atoms with Crippen LogP contribution in [0.3, 0.4) is 0 Å². The maximum absolute atomic E-state index is 11.3. The van der Waals surface area contributed by atoms with E-state index in [1.165, 1.54) is 16.9 Å². The van der Waals surface area contributed by atoms with Gasteiger partial charge in [0.05, 0.1) is 12.2 Å². The van der Waals surface area contributed by atoms with Crippen LogP contribution >= 0.6 is 22.9 Å². The highest BCUT2D eigenvalue weighted by Gasteiger charge is 2.20. The predicted molar refractivity (Wildman–Crippen MR) is 81.9 cm³/mol. The second kappa shape index (κ2) is 6.28. The monoisotopic (exact) mass is 320 g/mol.